The van der Waals surface area contributed by atoms with Gasteiger partial charge in [0.2, 0.25) is 10.0 Å². The number of halogens is 1. The van der Waals surface area contributed by atoms with Gasteiger partial charge in [0.25, 0.3) is 0 Å². The monoisotopic (exact) mass is 378 g/mol. The van der Waals surface area contributed by atoms with Crippen molar-refractivity contribution in [1.82, 2.24) is 9.21 Å². The van der Waals surface area contributed by atoms with Crippen LogP contribution in [0.5, 0.6) is 0 Å². The molecule has 142 valence electrons. The number of rotatable bonds is 3. The van der Waals surface area contributed by atoms with E-state index < -0.39 is 15.8 Å². The molecule has 1 aromatic rings. The van der Waals surface area contributed by atoms with Crippen molar-refractivity contribution >= 4 is 10.0 Å². The highest BCUT2D eigenvalue weighted by atomic mass is 32.2. The Morgan fingerprint density at radius 2 is 1.35 bits per heavy atom. The first kappa shape index (κ1) is 17.1. The van der Waals surface area contributed by atoms with Crippen LogP contribution in [0.2, 0.25) is 0 Å². The van der Waals surface area contributed by atoms with Crippen LogP contribution in [0.15, 0.2) is 29.2 Å². The maximum Gasteiger partial charge on any atom is 0.243 e. The van der Waals surface area contributed by atoms with Gasteiger partial charge in [0, 0.05) is 31.7 Å². The lowest BCUT2D eigenvalue weighted by atomic mass is 9.52. The zero-order valence-corrected chi connectivity index (χ0v) is 15.9. The topological polar surface area (TPSA) is 40.6 Å². The van der Waals surface area contributed by atoms with E-state index in [1.807, 2.05) is 0 Å². The third-order valence-corrected chi connectivity index (χ3v) is 9.28. The zero-order chi connectivity index (χ0) is 17.9. The van der Waals surface area contributed by atoms with Gasteiger partial charge in [0.1, 0.15) is 5.82 Å². The van der Waals surface area contributed by atoms with Gasteiger partial charge in [-0.2, -0.15) is 4.31 Å². The minimum Gasteiger partial charge on any atom is -0.295 e. The van der Waals surface area contributed by atoms with Crippen LogP contribution in [-0.2, 0) is 10.0 Å². The first-order valence-corrected chi connectivity index (χ1v) is 11.4. The maximum atomic E-state index is 13.1. The fourth-order valence-corrected chi connectivity index (χ4v) is 8.03. The summed E-state index contributed by atoms with van der Waals surface area (Å²) in [6.07, 6.45) is 8.26. The molecular weight excluding hydrogens is 351 g/mol. The van der Waals surface area contributed by atoms with Crippen LogP contribution in [0.4, 0.5) is 4.39 Å². The first-order chi connectivity index (χ1) is 12.4. The van der Waals surface area contributed by atoms with Crippen LogP contribution in [0.3, 0.4) is 0 Å². The molecule has 5 aliphatic rings. The second kappa shape index (κ2) is 6.01. The molecule has 0 unspecified atom stereocenters. The van der Waals surface area contributed by atoms with Crippen LogP contribution < -0.4 is 0 Å². The van der Waals surface area contributed by atoms with Gasteiger partial charge in [-0.25, -0.2) is 12.8 Å². The molecule has 0 atom stereocenters. The van der Waals surface area contributed by atoms with Crippen molar-refractivity contribution in [2.24, 2.45) is 17.8 Å². The predicted molar refractivity (Wildman–Crippen MR) is 97.6 cm³/mol. The Hall–Kier alpha value is -0.980. The molecule has 1 saturated heterocycles. The molecule has 0 aromatic heterocycles. The SMILES string of the molecule is O=S(=O)(c1ccc(F)cc1)N1CCN(C23CC4CC(CC(C4)C2)C3)CC1. The minimum absolute atomic E-state index is 0.196. The first-order valence-electron chi connectivity index (χ1n) is 9.95. The fraction of sp³-hybridized carbons (Fsp3) is 0.700. The van der Waals surface area contributed by atoms with Gasteiger partial charge in [-0.15, -0.1) is 0 Å². The molecule has 0 radical (unpaired) electrons. The van der Waals surface area contributed by atoms with Crippen LogP contribution in [0, 0.1) is 23.6 Å². The molecule has 1 heterocycles. The van der Waals surface area contributed by atoms with Crippen LogP contribution >= 0.6 is 0 Å². The molecule has 4 bridgehead atoms. The summed E-state index contributed by atoms with van der Waals surface area (Å²) < 4.78 is 40.4. The Bertz CT molecular complexity index is 749. The van der Waals surface area contributed by atoms with Gasteiger partial charge in [0.15, 0.2) is 0 Å². The Morgan fingerprint density at radius 3 is 1.85 bits per heavy atom. The summed E-state index contributed by atoms with van der Waals surface area (Å²) >= 11 is 0. The highest BCUT2D eigenvalue weighted by Crippen LogP contribution is 2.57. The molecule has 5 fully saturated rings. The average molecular weight is 379 g/mol. The smallest absolute Gasteiger partial charge is 0.243 e. The lowest BCUT2D eigenvalue weighted by Gasteiger charge is -2.61. The number of hydrogen-bond donors (Lipinski definition) is 0. The lowest BCUT2D eigenvalue weighted by molar-refractivity contribution is -0.0964. The third kappa shape index (κ3) is 2.72. The summed E-state index contributed by atoms with van der Waals surface area (Å²) in [6, 6.07) is 5.18. The van der Waals surface area contributed by atoms with Gasteiger partial charge < -0.3 is 0 Å². The van der Waals surface area contributed by atoms with E-state index in [4.69, 9.17) is 0 Å². The van der Waals surface area contributed by atoms with Crippen molar-refractivity contribution < 1.29 is 12.8 Å². The highest BCUT2D eigenvalue weighted by Gasteiger charge is 2.53. The van der Waals surface area contributed by atoms with E-state index in [0.717, 1.165) is 30.8 Å². The maximum absolute atomic E-state index is 13.1. The summed E-state index contributed by atoms with van der Waals surface area (Å²) in [5, 5.41) is 0. The summed E-state index contributed by atoms with van der Waals surface area (Å²) in [6.45, 7) is 2.74. The van der Waals surface area contributed by atoms with E-state index in [9.17, 15) is 12.8 Å². The van der Waals surface area contributed by atoms with Crippen LogP contribution in [0.1, 0.15) is 38.5 Å². The Balaban J connectivity index is 1.30. The molecule has 4 saturated carbocycles. The normalized spacial score (nSPS) is 38.0. The van der Waals surface area contributed by atoms with Gasteiger partial charge in [-0.1, -0.05) is 0 Å². The van der Waals surface area contributed by atoms with Gasteiger partial charge in [0.05, 0.1) is 4.90 Å². The molecule has 1 aliphatic heterocycles. The van der Waals surface area contributed by atoms with Crippen LogP contribution in [0.25, 0.3) is 0 Å². The Morgan fingerprint density at radius 1 is 0.846 bits per heavy atom. The summed E-state index contributed by atoms with van der Waals surface area (Å²) in [5.74, 6) is 2.31. The fourth-order valence-electron chi connectivity index (χ4n) is 6.61. The predicted octanol–water partition coefficient (Wildman–Crippen LogP) is 3.10. The molecule has 4 nitrogen and oxygen atoms in total. The van der Waals surface area contributed by atoms with Gasteiger partial charge in [-0.05, 0) is 80.5 Å². The molecular formula is C20H27FN2O2S. The van der Waals surface area contributed by atoms with Crippen molar-refractivity contribution in [2.75, 3.05) is 26.2 Å². The van der Waals surface area contributed by atoms with Crippen molar-refractivity contribution in [1.29, 1.82) is 0 Å². The van der Waals surface area contributed by atoms with Crippen molar-refractivity contribution in [2.45, 2.75) is 49.0 Å². The van der Waals surface area contributed by atoms with Crippen molar-refractivity contribution in [3.63, 3.8) is 0 Å². The molecule has 0 spiro atoms. The van der Waals surface area contributed by atoms with E-state index >= 15 is 0 Å². The lowest BCUT2D eigenvalue weighted by Crippen LogP contribution is -2.64. The zero-order valence-electron chi connectivity index (χ0n) is 15.1. The molecule has 4 aliphatic carbocycles. The number of hydrogen-bond acceptors (Lipinski definition) is 3. The van der Waals surface area contributed by atoms with E-state index in [2.05, 4.69) is 4.90 Å². The quantitative estimate of drug-likeness (QED) is 0.812. The van der Waals surface area contributed by atoms with E-state index in [-0.39, 0.29) is 4.90 Å². The average Bonchev–Trinajstić information content (AvgIpc) is 2.61. The van der Waals surface area contributed by atoms with Gasteiger partial charge in [-0.3, -0.25) is 4.90 Å². The highest BCUT2D eigenvalue weighted by molar-refractivity contribution is 7.89. The minimum atomic E-state index is -3.52. The number of nitrogens with zero attached hydrogens (tertiary/aromatic N) is 2. The third-order valence-electron chi connectivity index (χ3n) is 7.37. The number of piperazine rings is 1. The number of sulfonamides is 1. The Kier molecular flexibility index (Phi) is 3.96. The summed E-state index contributed by atoms with van der Waals surface area (Å²) in [5.41, 5.74) is 0.348. The standard InChI is InChI=1S/C20H27FN2O2S/c21-18-1-3-19(4-2-18)26(24,25)23-7-5-22(6-8-23)20-12-15-9-16(13-20)11-17(10-15)14-20/h1-4,15-17H,5-14H2. The molecule has 6 rings (SSSR count). The molecule has 1 aromatic carbocycles. The van der Waals surface area contributed by atoms with Crippen molar-refractivity contribution in [3.05, 3.63) is 30.1 Å². The summed E-state index contributed by atoms with van der Waals surface area (Å²) in [7, 11) is -3.52. The largest absolute Gasteiger partial charge is 0.295 e. The number of benzene rings is 1. The van der Waals surface area contributed by atoms with E-state index in [0.29, 0.717) is 18.6 Å². The molecule has 26 heavy (non-hydrogen) atoms. The molecule has 6 heteroatoms. The second-order valence-electron chi connectivity index (χ2n) is 8.99. The van der Waals surface area contributed by atoms with Crippen molar-refractivity contribution in [3.8, 4) is 0 Å². The summed E-state index contributed by atoms with van der Waals surface area (Å²) in [4.78, 5) is 2.82. The van der Waals surface area contributed by atoms with Gasteiger partial charge >= 0.3 is 0 Å². The second-order valence-corrected chi connectivity index (χ2v) is 10.9. The van der Waals surface area contributed by atoms with E-state index in [1.54, 1.807) is 4.31 Å². The van der Waals surface area contributed by atoms with Crippen LogP contribution in [-0.4, -0.2) is 49.3 Å². The van der Waals surface area contributed by atoms with E-state index in [1.165, 1.54) is 62.8 Å². The molecule has 0 amide bonds. The Labute approximate surface area is 155 Å². The molecule has 0 N–H and O–H groups in total.